The first-order chi connectivity index (χ1) is 18.4. The van der Waals surface area contributed by atoms with Crippen molar-refractivity contribution in [2.45, 2.75) is 37.6 Å². The predicted molar refractivity (Wildman–Crippen MR) is 138 cm³/mol. The molecule has 3 heterocycles. The summed E-state index contributed by atoms with van der Waals surface area (Å²) in [5, 5.41) is 5.70. The Labute approximate surface area is 226 Å². The highest BCUT2D eigenvalue weighted by Gasteiger charge is 2.38. The number of amidine groups is 1. The number of halogens is 2. The van der Waals surface area contributed by atoms with Gasteiger partial charge in [-0.1, -0.05) is 23.7 Å². The van der Waals surface area contributed by atoms with E-state index < -0.39 is 23.8 Å². The largest absolute Gasteiger partial charge is 0.466 e. The lowest BCUT2D eigenvalue weighted by atomic mass is 9.78. The van der Waals surface area contributed by atoms with Crippen molar-refractivity contribution < 1.29 is 27.9 Å². The van der Waals surface area contributed by atoms with Crippen LogP contribution in [0.3, 0.4) is 0 Å². The van der Waals surface area contributed by atoms with Gasteiger partial charge in [-0.3, -0.25) is 4.99 Å². The lowest BCUT2D eigenvalue weighted by molar-refractivity contribution is -0.136. The van der Waals surface area contributed by atoms with E-state index >= 15 is 0 Å². The molecular weight excluding hydrogens is 535 g/mol. The highest BCUT2D eigenvalue weighted by atomic mass is 35.5. The fourth-order valence-corrected chi connectivity index (χ4v) is 5.75. The van der Waals surface area contributed by atoms with Crippen LogP contribution in [0.25, 0.3) is 0 Å². The van der Waals surface area contributed by atoms with Crippen molar-refractivity contribution in [2.75, 3.05) is 14.2 Å². The average Bonchev–Trinajstić information content (AvgIpc) is 3.66. The number of aliphatic imine (C=N–C) groups is 1. The Morgan fingerprint density at radius 1 is 1.13 bits per heavy atom. The number of hydrogen-bond acceptors (Lipinski definition) is 10. The third-order valence-electron chi connectivity index (χ3n) is 6.79. The molecule has 0 saturated heterocycles. The Hall–Kier alpha value is -3.57. The molecule has 1 unspecified atom stereocenters. The second-order valence-electron chi connectivity index (χ2n) is 8.92. The monoisotopic (exact) mass is 558 g/mol. The Morgan fingerprint density at radius 3 is 2.55 bits per heavy atom. The molecule has 38 heavy (non-hydrogen) atoms. The normalized spacial score (nSPS) is 21.5. The van der Waals surface area contributed by atoms with Crippen molar-refractivity contribution in [3.8, 4) is 0 Å². The zero-order valence-corrected chi connectivity index (χ0v) is 22.1. The first-order valence-electron chi connectivity index (χ1n) is 12.0. The van der Waals surface area contributed by atoms with E-state index in [-0.39, 0.29) is 28.1 Å². The van der Waals surface area contributed by atoms with E-state index in [0.29, 0.717) is 53.7 Å². The molecule has 1 atom stereocenters. The van der Waals surface area contributed by atoms with Gasteiger partial charge in [0.15, 0.2) is 22.4 Å². The van der Waals surface area contributed by atoms with E-state index in [2.05, 4.69) is 15.3 Å². The van der Waals surface area contributed by atoms with Gasteiger partial charge >= 0.3 is 11.9 Å². The van der Waals surface area contributed by atoms with Crippen LogP contribution < -0.4 is 5.32 Å². The third kappa shape index (κ3) is 4.95. The Morgan fingerprint density at radius 2 is 1.87 bits per heavy atom. The minimum absolute atomic E-state index is 0.0102. The van der Waals surface area contributed by atoms with Crippen LogP contribution in [0.15, 0.2) is 56.7 Å². The lowest BCUT2D eigenvalue weighted by Gasteiger charge is -2.34. The Bertz CT molecular complexity index is 1410. The summed E-state index contributed by atoms with van der Waals surface area (Å²) >= 11 is 7.76. The van der Waals surface area contributed by atoms with Crippen molar-refractivity contribution in [2.24, 2.45) is 10.9 Å². The van der Waals surface area contributed by atoms with Crippen LogP contribution in [0.5, 0.6) is 0 Å². The summed E-state index contributed by atoms with van der Waals surface area (Å²) in [5.74, 6) is -0.812. The molecule has 1 aliphatic heterocycles. The fraction of sp³-hybridized carbons (Fsp3) is 0.346. The Kier molecular flexibility index (Phi) is 7.57. The molecule has 5 rings (SSSR count). The number of carbonyl (C=O) groups is 2. The number of esters is 2. The number of benzene rings is 1. The van der Waals surface area contributed by atoms with Gasteiger partial charge in [-0.2, -0.15) is 0 Å². The summed E-state index contributed by atoms with van der Waals surface area (Å²) in [7, 11) is 2.59. The van der Waals surface area contributed by atoms with Crippen molar-refractivity contribution in [3.63, 3.8) is 0 Å². The number of aromatic nitrogens is 2. The molecule has 1 aromatic carbocycles. The topological polar surface area (TPSA) is 116 Å². The molecule has 1 N–H and O–H groups in total. The van der Waals surface area contributed by atoms with Crippen LogP contribution in [-0.2, 0) is 14.3 Å². The molecule has 198 valence electrons. The number of carbonyl (C=O) groups excluding carboxylic acids is 2. The number of nitrogens with zero attached hydrogens (tertiary/aromatic N) is 3. The molecule has 12 heteroatoms. The van der Waals surface area contributed by atoms with Gasteiger partial charge in [0.05, 0.1) is 24.8 Å². The quantitative estimate of drug-likeness (QED) is 0.410. The fourth-order valence-electron chi connectivity index (χ4n) is 4.93. The van der Waals surface area contributed by atoms with Gasteiger partial charge in [0.1, 0.15) is 18.1 Å². The van der Waals surface area contributed by atoms with E-state index in [9.17, 15) is 14.0 Å². The zero-order valence-electron chi connectivity index (χ0n) is 20.6. The van der Waals surface area contributed by atoms with Crippen LogP contribution in [0, 0.1) is 11.7 Å². The van der Waals surface area contributed by atoms with Crippen LogP contribution >= 0.6 is 22.9 Å². The van der Waals surface area contributed by atoms with Crippen LogP contribution in [0.4, 0.5) is 4.39 Å². The number of nitrogens with one attached hydrogen (secondary N) is 1. The van der Waals surface area contributed by atoms with E-state index in [0.717, 1.165) is 0 Å². The van der Waals surface area contributed by atoms with Crippen molar-refractivity contribution in [3.05, 3.63) is 80.3 Å². The first kappa shape index (κ1) is 26.1. The molecule has 2 aromatic heterocycles. The molecule has 0 spiro atoms. The highest BCUT2D eigenvalue weighted by molar-refractivity contribution is 7.11. The summed E-state index contributed by atoms with van der Waals surface area (Å²) in [6, 6.07) is 3.57. The van der Waals surface area contributed by atoms with Gasteiger partial charge in [0, 0.05) is 28.8 Å². The van der Waals surface area contributed by atoms with Crippen molar-refractivity contribution in [1.29, 1.82) is 0 Å². The number of rotatable bonds is 6. The smallest absolute Gasteiger partial charge is 0.360 e. The molecule has 0 radical (unpaired) electrons. The van der Waals surface area contributed by atoms with E-state index in [4.69, 9.17) is 30.5 Å². The Balaban J connectivity index is 1.50. The van der Waals surface area contributed by atoms with Crippen molar-refractivity contribution in [1.82, 2.24) is 15.3 Å². The summed E-state index contributed by atoms with van der Waals surface area (Å²) in [4.78, 5) is 38.4. The third-order valence-corrected chi connectivity index (χ3v) is 7.97. The average molecular weight is 559 g/mol. The molecule has 1 saturated carbocycles. The molecule has 0 bridgehead atoms. The SMILES string of the molecule is COC(=O)C1=C([C@H]2CC[C@H](c3nc(C(=O)OC)co3)CC2)NC(c2nccs2)=NC1c1cccc(F)c1Cl. The van der Waals surface area contributed by atoms with Gasteiger partial charge in [0.2, 0.25) is 0 Å². The maximum Gasteiger partial charge on any atom is 0.360 e. The number of methoxy groups -OCH3 is 2. The summed E-state index contributed by atoms with van der Waals surface area (Å²) in [5.41, 5.74) is 1.44. The molecule has 2 aliphatic rings. The number of hydrogen-bond donors (Lipinski definition) is 1. The molecule has 1 aliphatic carbocycles. The lowest BCUT2D eigenvalue weighted by Crippen LogP contribution is -2.37. The van der Waals surface area contributed by atoms with Crippen LogP contribution in [-0.4, -0.2) is 42.0 Å². The summed E-state index contributed by atoms with van der Waals surface area (Å²) in [6.45, 7) is 0. The molecule has 0 amide bonds. The molecule has 9 nitrogen and oxygen atoms in total. The van der Waals surface area contributed by atoms with Gasteiger partial charge < -0.3 is 19.2 Å². The minimum atomic E-state index is -0.882. The number of thiazole rings is 1. The summed E-state index contributed by atoms with van der Waals surface area (Å²) < 4.78 is 29.9. The van der Waals surface area contributed by atoms with E-state index in [1.807, 2.05) is 5.38 Å². The molecule has 1 fully saturated rings. The number of ether oxygens (including phenoxy) is 2. The maximum absolute atomic E-state index is 14.5. The number of allylic oxidation sites excluding steroid dienone is 1. The maximum atomic E-state index is 14.5. The molecule has 3 aromatic rings. The predicted octanol–water partition coefficient (Wildman–Crippen LogP) is 5.20. The van der Waals surface area contributed by atoms with Gasteiger partial charge in [0.25, 0.3) is 0 Å². The highest BCUT2D eigenvalue weighted by Crippen LogP contribution is 2.43. The second kappa shape index (κ2) is 11.0. The second-order valence-corrected chi connectivity index (χ2v) is 10.2. The van der Waals surface area contributed by atoms with E-state index in [1.165, 1.54) is 44.0 Å². The van der Waals surface area contributed by atoms with E-state index in [1.54, 1.807) is 12.3 Å². The summed E-state index contributed by atoms with van der Waals surface area (Å²) in [6.07, 6.45) is 5.77. The zero-order chi connectivity index (χ0) is 26.8. The number of oxazole rings is 1. The van der Waals surface area contributed by atoms with Crippen molar-refractivity contribution >= 4 is 40.7 Å². The van der Waals surface area contributed by atoms with Gasteiger partial charge in [-0.05, 0) is 37.7 Å². The van der Waals surface area contributed by atoms with Gasteiger partial charge in [-0.15, -0.1) is 11.3 Å². The molecular formula is C26H24ClFN4O5S. The van der Waals surface area contributed by atoms with Gasteiger partial charge in [-0.25, -0.2) is 23.9 Å². The van der Waals surface area contributed by atoms with Crippen LogP contribution in [0.2, 0.25) is 5.02 Å². The first-order valence-corrected chi connectivity index (χ1v) is 13.2. The standard InChI is InChI=1S/C26H24ClFN4O5S/c1-35-25(33)17-12-37-23(30-17)14-8-6-13(7-9-14)20-18(26(34)36-2)21(15-4-3-5-16(28)19(15)27)32-22(31-20)24-29-10-11-38-24/h3-5,10-14,21H,6-9H2,1-2H3,(H,31,32)/t13-,14-,21?. The van der Waals surface area contributed by atoms with Crippen LogP contribution in [0.1, 0.15) is 64.6 Å². The minimum Gasteiger partial charge on any atom is -0.466 e.